The van der Waals surface area contributed by atoms with Crippen molar-refractivity contribution in [3.8, 4) is 0 Å². The third kappa shape index (κ3) is 3.05. The van der Waals surface area contributed by atoms with Crippen LogP contribution in [0.3, 0.4) is 0 Å². The molecule has 6 nitrogen and oxygen atoms in total. The van der Waals surface area contributed by atoms with Crippen LogP contribution in [0.2, 0.25) is 0 Å². The number of hydrogen-bond acceptors (Lipinski definition) is 4. The first kappa shape index (κ1) is 14.3. The molecule has 0 aliphatic carbocycles. The Kier molecular flexibility index (Phi) is 3.89. The Bertz CT molecular complexity index is 718. The monoisotopic (exact) mass is 292 g/mol. The van der Waals surface area contributed by atoms with E-state index in [4.69, 9.17) is 5.73 Å². The summed E-state index contributed by atoms with van der Waals surface area (Å²) in [5.41, 5.74) is 6.38. The molecule has 1 amide bonds. The number of carbonyl (C=O) groups excluding carboxylic acids is 1. The van der Waals surface area contributed by atoms with Gasteiger partial charge >= 0.3 is 0 Å². The van der Waals surface area contributed by atoms with Gasteiger partial charge in [-0.05, 0) is 25.1 Å². The largest absolute Gasteiger partial charge is 0.370 e. The Morgan fingerprint density at radius 2 is 1.95 bits per heavy atom. The van der Waals surface area contributed by atoms with E-state index in [-0.39, 0.29) is 11.3 Å². The maximum absolute atomic E-state index is 12.3. The summed E-state index contributed by atoms with van der Waals surface area (Å²) in [6.07, 6.45) is 2.83. The number of aromatic nitrogens is 2. The van der Waals surface area contributed by atoms with Crippen LogP contribution in [0.15, 0.2) is 41.4 Å². The van der Waals surface area contributed by atoms with Gasteiger partial charge in [0.05, 0.1) is 10.6 Å². The highest BCUT2D eigenvalue weighted by Crippen LogP contribution is 2.14. The van der Waals surface area contributed by atoms with E-state index in [9.17, 15) is 13.2 Å². The molecule has 20 heavy (non-hydrogen) atoms. The minimum absolute atomic E-state index is 0.0155. The van der Waals surface area contributed by atoms with E-state index in [0.717, 1.165) is 9.65 Å². The van der Waals surface area contributed by atoms with Crippen molar-refractivity contribution in [1.82, 2.24) is 9.19 Å². The fourth-order valence-corrected chi connectivity index (χ4v) is 2.71. The summed E-state index contributed by atoms with van der Waals surface area (Å²) in [5, 5.41) is 3.92. The lowest BCUT2D eigenvalue weighted by Gasteiger charge is -2.04. The van der Waals surface area contributed by atoms with Gasteiger partial charge in [0.25, 0.3) is 10.0 Å². The maximum atomic E-state index is 12.3. The Morgan fingerprint density at radius 1 is 1.30 bits per heavy atom. The highest BCUT2D eigenvalue weighted by Gasteiger charge is 2.17. The molecule has 1 heterocycles. The molecule has 0 unspecified atom stereocenters. The molecule has 105 valence electrons. The van der Waals surface area contributed by atoms with Crippen LogP contribution in [-0.4, -0.2) is 23.5 Å². The molecule has 0 atom stereocenters. The average molecular weight is 292 g/mol. The van der Waals surface area contributed by atoms with Gasteiger partial charge < -0.3 is 5.73 Å². The molecule has 2 aromatic rings. The van der Waals surface area contributed by atoms with Crippen molar-refractivity contribution in [3.05, 3.63) is 54.2 Å². The molecule has 0 spiro atoms. The maximum Gasteiger partial charge on any atom is 0.282 e. The van der Waals surface area contributed by atoms with Gasteiger partial charge in [-0.3, -0.25) is 4.79 Å². The molecule has 0 aliphatic rings. The highest BCUT2D eigenvalue weighted by molar-refractivity contribution is 7.89. The van der Waals surface area contributed by atoms with Crippen molar-refractivity contribution in [2.45, 2.75) is 18.2 Å². The number of hydrogen-bond donors (Lipinski definition) is 1. The predicted octanol–water partition coefficient (Wildman–Crippen LogP) is 0.856. The van der Waals surface area contributed by atoms with Gasteiger partial charge in [0, 0.05) is 19.0 Å². The van der Waals surface area contributed by atoms with Crippen LogP contribution in [0.1, 0.15) is 17.7 Å². The van der Waals surface area contributed by atoms with Crippen LogP contribution < -0.4 is 5.73 Å². The quantitative estimate of drug-likeness (QED) is 0.884. The summed E-state index contributed by atoms with van der Waals surface area (Å²) in [4.78, 5) is 10.8. The summed E-state index contributed by atoms with van der Waals surface area (Å²) < 4.78 is 25.5. The zero-order chi connectivity index (χ0) is 14.8. The van der Waals surface area contributed by atoms with Gasteiger partial charge in [0.2, 0.25) is 5.91 Å². The summed E-state index contributed by atoms with van der Waals surface area (Å²) in [5.74, 6) is -0.499. The molecule has 1 radical (unpaired) electrons. The first-order chi connectivity index (χ1) is 9.39. The SMILES string of the molecule is Cc1ccc(S(=O)(=O)n2ccc([CH]CC(N)=O)n2)cc1. The van der Waals surface area contributed by atoms with Crippen LogP contribution in [-0.2, 0) is 14.8 Å². The van der Waals surface area contributed by atoms with Gasteiger partial charge in [-0.2, -0.15) is 17.6 Å². The van der Waals surface area contributed by atoms with Crippen molar-refractivity contribution in [2.75, 3.05) is 0 Å². The van der Waals surface area contributed by atoms with Crippen LogP contribution in [0.4, 0.5) is 0 Å². The number of aryl methyl sites for hydroxylation is 1. The standard InChI is InChI=1S/C13H14N3O3S/c1-10-2-5-12(6-3-10)20(18,19)16-9-8-11(15-16)4-7-13(14)17/h2-6,8-9H,7H2,1H3,(H2,14,17). The molecule has 1 aromatic carbocycles. The predicted molar refractivity (Wildman–Crippen MR) is 73.2 cm³/mol. The lowest BCUT2D eigenvalue weighted by atomic mass is 10.2. The first-order valence-corrected chi connectivity index (χ1v) is 7.33. The van der Waals surface area contributed by atoms with Gasteiger partial charge in [-0.15, -0.1) is 0 Å². The van der Waals surface area contributed by atoms with Gasteiger partial charge in [-0.25, -0.2) is 0 Å². The van der Waals surface area contributed by atoms with Crippen LogP contribution in [0.25, 0.3) is 0 Å². The second kappa shape index (κ2) is 5.46. The van der Waals surface area contributed by atoms with Crippen molar-refractivity contribution in [3.63, 3.8) is 0 Å². The molecule has 0 fully saturated rings. The summed E-state index contributed by atoms with van der Waals surface area (Å²) in [6, 6.07) is 8.00. The molecule has 0 aliphatic heterocycles. The third-order valence-electron chi connectivity index (χ3n) is 2.66. The summed E-state index contributed by atoms with van der Waals surface area (Å²) in [7, 11) is -3.70. The number of rotatable bonds is 5. The van der Waals surface area contributed by atoms with Crippen molar-refractivity contribution < 1.29 is 13.2 Å². The third-order valence-corrected chi connectivity index (χ3v) is 4.23. The Hall–Kier alpha value is -2.15. The minimum Gasteiger partial charge on any atom is -0.370 e. The molecule has 0 saturated heterocycles. The number of nitrogens with zero attached hydrogens (tertiary/aromatic N) is 2. The second-order valence-electron chi connectivity index (χ2n) is 4.31. The molecule has 2 rings (SSSR count). The van der Waals surface area contributed by atoms with Gasteiger partial charge in [-0.1, -0.05) is 17.7 Å². The van der Waals surface area contributed by atoms with Crippen LogP contribution in [0, 0.1) is 13.3 Å². The molecule has 0 bridgehead atoms. The van der Waals surface area contributed by atoms with E-state index in [0.29, 0.717) is 5.69 Å². The van der Waals surface area contributed by atoms with Crippen LogP contribution in [0.5, 0.6) is 0 Å². The van der Waals surface area contributed by atoms with Crippen molar-refractivity contribution >= 4 is 15.9 Å². The van der Waals surface area contributed by atoms with E-state index >= 15 is 0 Å². The molecule has 2 N–H and O–H groups in total. The van der Waals surface area contributed by atoms with Gasteiger partial charge in [0.1, 0.15) is 0 Å². The Morgan fingerprint density at radius 3 is 2.55 bits per heavy atom. The van der Waals surface area contributed by atoms with Gasteiger partial charge in [0.15, 0.2) is 0 Å². The topological polar surface area (TPSA) is 95.0 Å². The van der Waals surface area contributed by atoms with E-state index in [2.05, 4.69) is 5.10 Å². The summed E-state index contributed by atoms with van der Waals surface area (Å²) >= 11 is 0. The molecular weight excluding hydrogens is 278 g/mol. The van der Waals surface area contributed by atoms with E-state index in [1.54, 1.807) is 12.1 Å². The Balaban J connectivity index is 2.26. The zero-order valence-electron chi connectivity index (χ0n) is 10.9. The van der Waals surface area contributed by atoms with E-state index in [1.807, 2.05) is 6.92 Å². The summed E-state index contributed by atoms with van der Waals surface area (Å²) in [6.45, 7) is 1.88. The average Bonchev–Trinajstić information content (AvgIpc) is 2.86. The number of benzene rings is 1. The lowest BCUT2D eigenvalue weighted by molar-refractivity contribution is -0.117. The normalized spacial score (nSPS) is 11.4. The van der Waals surface area contributed by atoms with Crippen molar-refractivity contribution in [1.29, 1.82) is 0 Å². The molecule has 1 aromatic heterocycles. The first-order valence-electron chi connectivity index (χ1n) is 5.89. The lowest BCUT2D eigenvalue weighted by Crippen LogP contribution is -2.14. The Labute approximate surface area is 117 Å². The zero-order valence-corrected chi connectivity index (χ0v) is 11.7. The molecular formula is C13H14N3O3S. The van der Waals surface area contributed by atoms with E-state index in [1.165, 1.54) is 30.8 Å². The molecule has 0 saturated carbocycles. The number of primary amides is 1. The van der Waals surface area contributed by atoms with Crippen LogP contribution >= 0.6 is 0 Å². The highest BCUT2D eigenvalue weighted by atomic mass is 32.2. The number of nitrogens with two attached hydrogens (primary N) is 1. The number of carbonyl (C=O) groups is 1. The number of amides is 1. The minimum atomic E-state index is -3.70. The van der Waals surface area contributed by atoms with E-state index < -0.39 is 15.9 Å². The fourth-order valence-electron chi connectivity index (χ4n) is 1.59. The smallest absolute Gasteiger partial charge is 0.282 e. The van der Waals surface area contributed by atoms with Crippen molar-refractivity contribution in [2.24, 2.45) is 5.73 Å². The second-order valence-corrected chi connectivity index (χ2v) is 6.10. The molecule has 7 heteroatoms. The fraction of sp³-hybridized carbons (Fsp3) is 0.154.